The molecule has 0 amide bonds. The summed E-state index contributed by atoms with van der Waals surface area (Å²) in [4.78, 5) is 10.6. The predicted octanol–water partition coefficient (Wildman–Crippen LogP) is -0.429. The SMILES string of the molecule is C[C@@H](NCc1nnnn1C1CC1)C(=O)O. The molecule has 0 unspecified atom stereocenters. The van der Waals surface area contributed by atoms with E-state index in [1.807, 2.05) is 0 Å². The summed E-state index contributed by atoms with van der Waals surface area (Å²) in [6, 6.07) is -0.175. The van der Waals surface area contributed by atoms with Crippen LogP contribution in [0.3, 0.4) is 0 Å². The largest absolute Gasteiger partial charge is 0.480 e. The molecule has 0 saturated heterocycles. The molecule has 1 fully saturated rings. The van der Waals surface area contributed by atoms with Crippen molar-refractivity contribution in [3.63, 3.8) is 0 Å². The molecule has 2 rings (SSSR count). The molecule has 0 spiro atoms. The molecule has 15 heavy (non-hydrogen) atoms. The quantitative estimate of drug-likeness (QED) is 0.686. The third-order valence-corrected chi connectivity index (χ3v) is 2.39. The van der Waals surface area contributed by atoms with Crippen molar-refractivity contribution in [3.05, 3.63) is 5.82 Å². The van der Waals surface area contributed by atoms with Crippen LogP contribution in [0.15, 0.2) is 0 Å². The lowest BCUT2D eigenvalue weighted by Crippen LogP contribution is -2.34. The van der Waals surface area contributed by atoms with E-state index in [0.717, 1.165) is 12.8 Å². The Labute approximate surface area is 86.5 Å². The Bertz CT molecular complexity index is 360. The average Bonchev–Trinajstić information content (AvgIpc) is 2.94. The standard InChI is InChI=1S/C8H13N5O2/c1-5(8(14)15)9-4-7-10-11-12-13(7)6-2-3-6/h5-6,9H,2-4H2,1H3,(H,14,15)/t5-/m1/s1. The number of carboxylic acids is 1. The number of nitrogens with zero attached hydrogens (tertiary/aromatic N) is 4. The van der Waals surface area contributed by atoms with Crippen molar-refractivity contribution in [3.8, 4) is 0 Å². The van der Waals surface area contributed by atoms with Gasteiger partial charge in [-0.3, -0.25) is 10.1 Å². The van der Waals surface area contributed by atoms with Crippen molar-refractivity contribution in [1.29, 1.82) is 0 Å². The fourth-order valence-electron chi connectivity index (χ4n) is 1.26. The van der Waals surface area contributed by atoms with Crippen LogP contribution in [0.4, 0.5) is 0 Å². The lowest BCUT2D eigenvalue weighted by molar-refractivity contribution is -0.139. The summed E-state index contributed by atoms with van der Waals surface area (Å²) in [7, 11) is 0. The Morgan fingerprint density at radius 1 is 1.73 bits per heavy atom. The summed E-state index contributed by atoms with van der Waals surface area (Å²) in [5.41, 5.74) is 0. The third-order valence-electron chi connectivity index (χ3n) is 2.39. The van der Waals surface area contributed by atoms with Crippen molar-refractivity contribution in [2.45, 2.75) is 38.4 Å². The fraction of sp³-hybridized carbons (Fsp3) is 0.750. The zero-order valence-electron chi connectivity index (χ0n) is 8.42. The van der Waals surface area contributed by atoms with Crippen LogP contribution >= 0.6 is 0 Å². The summed E-state index contributed by atoms with van der Waals surface area (Å²) in [5.74, 6) is -0.175. The van der Waals surface area contributed by atoms with E-state index in [9.17, 15) is 4.79 Å². The van der Waals surface area contributed by atoms with E-state index < -0.39 is 12.0 Å². The third kappa shape index (κ3) is 2.30. The predicted molar refractivity (Wildman–Crippen MR) is 50.0 cm³/mol. The second-order valence-corrected chi connectivity index (χ2v) is 3.71. The molecule has 7 nitrogen and oxygen atoms in total. The van der Waals surface area contributed by atoms with Crippen LogP contribution in [-0.2, 0) is 11.3 Å². The van der Waals surface area contributed by atoms with Gasteiger partial charge in [0, 0.05) is 0 Å². The molecule has 2 N–H and O–H groups in total. The van der Waals surface area contributed by atoms with E-state index in [4.69, 9.17) is 5.11 Å². The minimum absolute atomic E-state index is 0.386. The molecule has 1 aromatic heterocycles. The average molecular weight is 211 g/mol. The molecule has 1 saturated carbocycles. The minimum Gasteiger partial charge on any atom is -0.480 e. The molecule has 82 valence electrons. The summed E-state index contributed by atoms with van der Waals surface area (Å²) in [5, 5.41) is 22.8. The number of carboxylic acid groups (broad SMARTS) is 1. The molecular formula is C8H13N5O2. The van der Waals surface area contributed by atoms with Crippen LogP contribution < -0.4 is 5.32 Å². The molecular weight excluding hydrogens is 198 g/mol. The summed E-state index contributed by atoms with van der Waals surface area (Å²) in [6.07, 6.45) is 2.21. The number of hydrogen-bond acceptors (Lipinski definition) is 5. The number of hydrogen-bond donors (Lipinski definition) is 2. The van der Waals surface area contributed by atoms with Gasteiger partial charge in [0.05, 0.1) is 12.6 Å². The van der Waals surface area contributed by atoms with Gasteiger partial charge in [-0.15, -0.1) is 5.10 Å². The second-order valence-electron chi connectivity index (χ2n) is 3.71. The van der Waals surface area contributed by atoms with Crippen molar-refractivity contribution in [2.75, 3.05) is 0 Å². The van der Waals surface area contributed by atoms with Crippen LogP contribution in [0.2, 0.25) is 0 Å². The van der Waals surface area contributed by atoms with Crippen molar-refractivity contribution < 1.29 is 9.90 Å². The fourth-order valence-corrected chi connectivity index (χ4v) is 1.26. The van der Waals surface area contributed by atoms with E-state index in [0.29, 0.717) is 18.4 Å². The number of nitrogens with one attached hydrogen (secondary N) is 1. The van der Waals surface area contributed by atoms with Gasteiger partial charge >= 0.3 is 5.97 Å². The molecule has 0 aliphatic heterocycles. The number of tetrazole rings is 1. The Morgan fingerprint density at radius 2 is 2.47 bits per heavy atom. The first kappa shape index (κ1) is 10.0. The molecule has 0 bridgehead atoms. The van der Waals surface area contributed by atoms with Gasteiger partial charge in [-0.05, 0) is 30.2 Å². The Kier molecular flexibility index (Phi) is 2.63. The highest BCUT2D eigenvalue weighted by atomic mass is 16.4. The van der Waals surface area contributed by atoms with Gasteiger partial charge in [0.1, 0.15) is 6.04 Å². The first-order valence-electron chi connectivity index (χ1n) is 4.91. The van der Waals surface area contributed by atoms with Gasteiger partial charge in [0.15, 0.2) is 5.82 Å². The van der Waals surface area contributed by atoms with E-state index in [1.165, 1.54) is 0 Å². The molecule has 0 radical (unpaired) electrons. The number of rotatable bonds is 5. The molecule has 1 aromatic rings. The summed E-state index contributed by atoms with van der Waals surface area (Å²) >= 11 is 0. The van der Waals surface area contributed by atoms with Crippen molar-refractivity contribution in [1.82, 2.24) is 25.5 Å². The van der Waals surface area contributed by atoms with Crippen LogP contribution in [0.5, 0.6) is 0 Å². The van der Waals surface area contributed by atoms with Crippen LogP contribution in [0.1, 0.15) is 31.6 Å². The molecule has 7 heteroatoms. The van der Waals surface area contributed by atoms with Gasteiger partial charge in [-0.1, -0.05) is 0 Å². The van der Waals surface area contributed by atoms with E-state index in [-0.39, 0.29) is 0 Å². The van der Waals surface area contributed by atoms with Gasteiger partial charge < -0.3 is 5.11 Å². The number of aromatic nitrogens is 4. The van der Waals surface area contributed by atoms with E-state index in [1.54, 1.807) is 11.6 Å². The highest BCUT2D eigenvalue weighted by molar-refractivity contribution is 5.72. The second kappa shape index (κ2) is 3.93. The zero-order chi connectivity index (χ0) is 10.8. The zero-order valence-corrected chi connectivity index (χ0v) is 8.42. The summed E-state index contributed by atoms with van der Waals surface area (Å²) in [6.45, 7) is 1.98. The lowest BCUT2D eigenvalue weighted by atomic mass is 10.3. The van der Waals surface area contributed by atoms with Crippen molar-refractivity contribution >= 4 is 5.97 Å². The molecule has 1 aliphatic carbocycles. The Hall–Kier alpha value is -1.50. The lowest BCUT2D eigenvalue weighted by Gasteiger charge is -2.08. The Balaban J connectivity index is 1.92. The minimum atomic E-state index is -0.875. The molecule has 1 atom stereocenters. The van der Waals surface area contributed by atoms with Gasteiger partial charge in [0.2, 0.25) is 0 Å². The first-order chi connectivity index (χ1) is 7.18. The van der Waals surface area contributed by atoms with Gasteiger partial charge in [0.25, 0.3) is 0 Å². The normalized spacial score (nSPS) is 17.7. The molecule has 1 aliphatic rings. The smallest absolute Gasteiger partial charge is 0.320 e. The van der Waals surface area contributed by atoms with Gasteiger partial charge in [-0.25, -0.2) is 4.68 Å². The number of aliphatic carboxylic acids is 1. The van der Waals surface area contributed by atoms with Crippen LogP contribution in [0.25, 0.3) is 0 Å². The van der Waals surface area contributed by atoms with E-state index in [2.05, 4.69) is 20.8 Å². The highest BCUT2D eigenvalue weighted by Crippen LogP contribution is 2.34. The molecule has 1 heterocycles. The van der Waals surface area contributed by atoms with Crippen molar-refractivity contribution in [2.24, 2.45) is 0 Å². The van der Waals surface area contributed by atoms with Crippen LogP contribution in [-0.4, -0.2) is 37.3 Å². The monoisotopic (exact) mass is 211 g/mol. The topological polar surface area (TPSA) is 92.9 Å². The maximum Gasteiger partial charge on any atom is 0.320 e. The number of carbonyl (C=O) groups is 1. The maximum absolute atomic E-state index is 10.6. The first-order valence-corrected chi connectivity index (χ1v) is 4.91. The van der Waals surface area contributed by atoms with Gasteiger partial charge in [-0.2, -0.15) is 0 Å². The van der Waals surface area contributed by atoms with E-state index >= 15 is 0 Å². The highest BCUT2D eigenvalue weighted by Gasteiger charge is 2.27. The van der Waals surface area contributed by atoms with Crippen LogP contribution in [0, 0.1) is 0 Å². The molecule has 0 aromatic carbocycles. The summed E-state index contributed by atoms with van der Waals surface area (Å²) < 4.78 is 1.77. The Morgan fingerprint density at radius 3 is 3.07 bits per heavy atom. The maximum atomic E-state index is 10.6.